The Morgan fingerprint density at radius 3 is 2.88 bits per heavy atom. The van der Waals surface area contributed by atoms with Crippen molar-refractivity contribution in [1.29, 1.82) is 0 Å². The molecule has 2 heteroatoms. The first kappa shape index (κ1) is 12.2. The van der Waals surface area contributed by atoms with Gasteiger partial charge >= 0.3 is 0 Å². The number of hydrogen-bond donors (Lipinski definition) is 1. The van der Waals surface area contributed by atoms with Crippen LogP contribution < -0.4 is 5.32 Å². The molecule has 0 saturated carbocycles. The van der Waals surface area contributed by atoms with Gasteiger partial charge in [0.1, 0.15) is 0 Å². The summed E-state index contributed by atoms with van der Waals surface area (Å²) in [5.74, 6) is 2.64. The lowest BCUT2D eigenvalue weighted by molar-refractivity contribution is 0.257. The molecule has 0 radical (unpaired) electrons. The van der Waals surface area contributed by atoms with Crippen molar-refractivity contribution in [2.75, 3.05) is 13.1 Å². The Kier molecular flexibility index (Phi) is 4.19. The third-order valence-electron chi connectivity index (χ3n) is 3.43. The molecule has 2 rings (SSSR count). The summed E-state index contributed by atoms with van der Waals surface area (Å²) in [4.78, 5) is 2.52. The molecule has 2 unspecified atom stereocenters. The molecule has 0 amide bonds. The molecule has 1 aliphatic heterocycles. The van der Waals surface area contributed by atoms with Gasteiger partial charge in [-0.2, -0.15) is 0 Å². The van der Waals surface area contributed by atoms with E-state index >= 15 is 0 Å². The van der Waals surface area contributed by atoms with Crippen molar-refractivity contribution in [2.24, 2.45) is 0 Å². The number of likely N-dealkylation sites (tertiary alicyclic amines) is 1. The minimum Gasteiger partial charge on any atom is -0.302 e. The first-order valence-corrected chi connectivity index (χ1v) is 6.24. The van der Waals surface area contributed by atoms with Crippen LogP contribution in [0.1, 0.15) is 18.9 Å². The Balaban J connectivity index is 1.88. The number of nitrogens with one attached hydrogen (secondary N) is 1. The van der Waals surface area contributed by atoms with E-state index in [-0.39, 0.29) is 0 Å². The Morgan fingerprint density at radius 2 is 2.18 bits per heavy atom. The highest BCUT2D eigenvalue weighted by atomic mass is 15.2. The summed E-state index contributed by atoms with van der Waals surface area (Å²) in [7, 11) is 0. The van der Waals surface area contributed by atoms with Crippen LogP contribution in [-0.4, -0.2) is 30.1 Å². The number of nitrogens with zero attached hydrogens (tertiary/aromatic N) is 1. The molecule has 90 valence electrons. The van der Waals surface area contributed by atoms with Crippen molar-refractivity contribution in [2.45, 2.75) is 32.0 Å². The van der Waals surface area contributed by atoms with Crippen LogP contribution in [0, 0.1) is 12.3 Å². The van der Waals surface area contributed by atoms with Crippen LogP contribution in [-0.2, 0) is 6.54 Å². The molecule has 2 nitrogen and oxygen atoms in total. The Hall–Kier alpha value is -1.30. The molecule has 1 heterocycles. The van der Waals surface area contributed by atoms with Gasteiger partial charge in [-0.15, -0.1) is 6.42 Å². The van der Waals surface area contributed by atoms with E-state index < -0.39 is 0 Å². The lowest BCUT2D eigenvalue weighted by Gasteiger charge is -2.20. The monoisotopic (exact) mass is 228 g/mol. The van der Waals surface area contributed by atoms with Gasteiger partial charge in [0.15, 0.2) is 0 Å². The summed E-state index contributed by atoms with van der Waals surface area (Å²) in [6, 6.07) is 11.8. The molecule has 1 aliphatic rings. The Labute approximate surface area is 104 Å². The zero-order chi connectivity index (χ0) is 12.1. The van der Waals surface area contributed by atoms with E-state index in [9.17, 15) is 0 Å². The fourth-order valence-electron chi connectivity index (χ4n) is 2.49. The van der Waals surface area contributed by atoms with Crippen LogP contribution in [0.25, 0.3) is 0 Å². The third kappa shape index (κ3) is 3.33. The van der Waals surface area contributed by atoms with Gasteiger partial charge in [-0.05, 0) is 18.9 Å². The molecule has 2 atom stereocenters. The maximum atomic E-state index is 5.27. The molecule has 1 saturated heterocycles. The Morgan fingerprint density at radius 1 is 1.41 bits per heavy atom. The average Bonchev–Trinajstić information content (AvgIpc) is 2.69. The minimum absolute atomic E-state index is 0.546. The fraction of sp³-hybridized carbons (Fsp3) is 0.467. The minimum atomic E-state index is 0.546. The molecule has 1 aromatic rings. The topological polar surface area (TPSA) is 15.3 Å². The van der Waals surface area contributed by atoms with Gasteiger partial charge in [-0.3, -0.25) is 4.90 Å². The maximum absolute atomic E-state index is 5.27. The summed E-state index contributed by atoms with van der Waals surface area (Å²) in [5, 5.41) is 3.40. The molecule has 0 aliphatic carbocycles. The van der Waals surface area contributed by atoms with Gasteiger partial charge < -0.3 is 5.32 Å². The van der Waals surface area contributed by atoms with Gasteiger partial charge in [0, 0.05) is 25.2 Å². The molecular formula is C15H20N2. The predicted molar refractivity (Wildman–Crippen MR) is 71.6 cm³/mol. The normalized spacial score (nSPS) is 24.7. The van der Waals surface area contributed by atoms with Crippen molar-refractivity contribution in [1.82, 2.24) is 10.2 Å². The van der Waals surface area contributed by atoms with Crippen molar-refractivity contribution < 1.29 is 0 Å². The number of terminal acetylenes is 1. The van der Waals surface area contributed by atoms with Crippen LogP contribution in [0.2, 0.25) is 0 Å². The van der Waals surface area contributed by atoms with Crippen molar-refractivity contribution in [3.05, 3.63) is 35.9 Å². The SMILES string of the molecule is C#CCNC1CC(C)N(Cc2ccccc2)C1. The fourth-order valence-corrected chi connectivity index (χ4v) is 2.49. The average molecular weight is 228 g/mol. The second-order valence-corrected chi connectivity index (χ2v) is 4.78. The highest BCUT2D eigenvalue weighted by molar-refractivity contribution is 5.15. The standard InChI is InChI=1S/C15H20N2/c1-3-9-16-15-10-13(2)17(12-15)11-14-7-5-4-6-8-14/h1,4-8,13,15-16H,9-12H2,2H3. The summed E-state index contributed by atoms with van der Waals surface area (Å²) >= 11 is 0. The molecule has 0 spiro atoms. The first-order valence-electron chi connectivity index (χ1n) is 6.24. The lowest BCUT2D eigenvalue weighted by atomic mass is 10.2. The zero-order valence-electron chi connectivity index (χ0n) is 10.4. The highest BCUT2D eigenvalue weighted by Gasteiger charge is 2.28. The van der Waals surface area contributed by atoms with Crippen molar-refractivity contribution >= 4 is 0 Å². The van der Waals surface area contributed by atoms with E-state index in [4.69, 9.17) is 6.42 Å². The van der Waals surface area contributed by atoms with Gasteiger partial charge in [0.2, 0.25) is 0 Å². The van der Waals surface area contributed by atoms with Crippen LogP contribution in [0.15, 0.2) is 30.3 Å². The van der Waals surface area contributed by atoms with Gasteiger partial charge in [-0.25, -0.2) is 0 Å². The van der Waals surface area contributed by atoms with E-state index in [1.54, 1.807) is 0 Å². The molecule has 0 bridgehead atoms. The third-order valence-corrected chi connectivity index (χ3v) is 3.43. The van der Waals surface area contributed by atoms with Crippen molar-refractivity contribution in [3.8, 4) is 12.3 Å². The summed E-state index contributed by atoms with van der Waals surface area (Å²) in [6.45, 7) is 5.10. The van der Waals surface area contributed by atoms with Crippen LogP contribution in [0.5, 0.6) is 0 Å². The number of rotatable bonds is 4. The summed E-state index contributed by atoms with van der Waals surface area (Å²) < 4.78 is 0. The molecule has 17 heavy (non-hydrogen) atoms. The second kappa shape index (κ2) is 5.86. The van der Waals surface area contributed by atoms with Crippen LogP contribution >= 0.6 is 0 Å². The second-order valence-electron chi connectivity index (χ2n) is 4.78. The zero-order valence-corrected chi connectivity index (χ0v) is 10.4. The molecule has 1 aromatic carbocycles. The van der Waals surface area contributed by atoms with E-state index in [2.05, 4.69) is 53.4 Å². The molecule has 1 N–H and O–H groups in total. The molecular weight excluding hydrogens is 208 g/mol. The highest BCUT2D eigenvalue weighted by Crippen LogP contribution is 2.19. The van der Waals surface area contributed by atoms with E-state index in [0.717, 1.165) is 13.1 Å². The first-order chi connectivity index (χ1) is 8.29. The van der Waals surface area contributed by atoms with Gasteiger partial charge in [0.05, 0.1) is 6.54 Å². The summed E-state index contributed by atoms with van der Waals surface area (Å²) in [5.41, 5.74) is 1.39. The smallest absolute Gasteiger partial charge is 0.0576 e. The lowest BCUT2D eigenvalue weighted by Crippen LogP contribution is -2.32. The van der Waals surface area contributed by atoms with E-state index in [1.807, 2.05) is 0 Å². The summed E-state index contributed by atoms with van der Waals surface area (Å²) in [6.07, 6.45) is 6.46. The Bertz CT molecular complexity index is 380. The molecule has 1 fully saturated rings. The van der Waals surface area contributed by atoms with Crippen LogP contribution in [0.4, 0.5) is 0 Å². The van der Waals surface area contributed by atoms with Gasteiger partial charge in [0.25, 0.3) is 0 Å². The van der Waals surface area contributed by atoms with Gasteiger partial charge in [-0.1, -0.05) is 36.3 Å². The van der Waals surface area contributed by atoms with E-state index in [1.165, 1.54) is 12.0 Å². The van der Waals surface area contributed by atoms with Crippen LogP contribution in [0.3, 0.4) is 0 Å². The number of hydrogen-bond acceptors (Lipinski definition) is 2. The van der Waals surface area contributed by atoms with Crippen molar-refractivity contribution in [3.63, 3.8) is 0 Å². The molecule has 0 aromatic heterocycles. The largest absolute Gasteiger partial charge is 0.302 e. The van der Waals surface area contributed by atoms with E-state index in [0.29, 0.717) is 18.6 Å². The number of benzene rings is 1. The quantitative estimate of drug-likeness (QED) is 0.792. The predicted octanol–water partition coefficient (Wildman–Crippen LogP) is 1.87. The maximum Gasteiger partial charge on any atom is 0.0576 e.